The lowest BCUT2D eigenvalue weighted by atomic mass is 10.1. The standard InChI is InChI=1S/C12H12N2O4/c1-3-18-13-10(15)7-4-5-8-9(6-7)12(17)14(2)11(8)16/h4-6H,3H2,1-2H3,(H,13,15). The van der Waals surface area contributed by atoms with Gasteiger partial charge in [-0.15, -0.1) is 0 Å². The Morgan fingerprint density at radius 3 is 2.61 bits per heavy atom. The number of nitrogens with one attached hydrogen (secondary N) is 1. The zero-order chi connectivity index (χ0) is 13.3. The molecule has 18 heavy (non-hydrogen) atoms. The summed E-state index contributed by atoms with van der Waals surface area (Å²) in [6.45, 7) is 2.08. The van der Waals surface area contributed by atoms with E-state index in [9.17, 15) is 14.4 Å². The smallest absolute Gasteiger partial charge is 0.274 e. The Bertz CT molecular complexity index is 539. The average molecular weight is 248 g/mol. The first-order valence-corrected chi connectivity index (χ1v) is 5.44. The average Bonchev–Trinajstić information content (AvgIpc) is 2.61. The van der Waals surface area contributed by atoms with Crippen molar-refractivity contribution in [2.24, 2.45) is 0 Å². The highest BCUT2D eigenvalue weighted by atomic mass is 16.6. The van der Waals surface area contributed by atoms with Gasteiger partial charge in [0.2, 0.25) is 0 Å². The summed E-state index contributed by atoms with van der Waals surface area (Å²) in [6, 6.07) is 4.35. The second kappa shape index (κ2) is 4.58. The molecule has 0 aliphatic carbocycles. The molecule has 6 heteroatoms. The fourth-order valence-corrected chi connectivity index (χ4v) is 1.70. The van der Waals surface area contributed by atoms with E-state index in [4.69, 9.17) is 4.84 Å². The molecule has 94 valence electrons. The molecule has 0 saturated heterocycles. The maximum absolute atomic E-state index is 11.7. The SMILES string of the molecule is CCONC(=O)c1ccc2c(c1)C(=O)N(C)C2=O. The molecule has 1 aromatic rings. The Balaban J connectivity index is 2.32. The maximum atomic E-state index is 11.7. The molecule has 1 heterocycles. The van der Waals surface area contributed by atoms with Gasteiger partial charge in [0.25, 0.3) is 17.7 Å². The fraction of sp³-hybridized carbons (Fsp3) is 0.250. The zero-order valence-electron chi connectivity index (χ0n) is 10.0. The van der Waals surface area contributed by atoms with E-state index in [0.717, 1.165) is 4.90 Å². The van der Waals surface area contributed by atoms with Crippen molar-refractivity contribution in [3.05, 3.63) is 34.9 Å². The molecule has 0 saturated carbocycles. The van der Waals surface area contributed by atoms with Crippen molar-refractivity contribution in [3.63, 3.8) is 0 Å². The highest BCUT2D eigenvalue weighted by Gasteiger charge is 2.33. The van der Waals surface area contributed by atoms with Gasteiger partial charge in [0.1, 0.15) is 0 Å². The van der Waals surface area contributed by atoms with Crippen molar-refractivity contribution >= 4 is 17.7 Å². The normalized spacial score (nSPS) is 13.8. The molecule has 0 radical (unpaired) electrons. The lowest BCUT2D eigenvalue weighted by Crippen LogP contribution is -2.24. The third-order valence-corrected chi connectivity index (χ3v) is 2.66. The molecule has 3 amide bonds. The Hall–Kier alpha value is -2.21. The first kappa shape index (κ1) is 12.3. The van der Waals surface area contributed by atoms with Gasteiger partial charge >= 0.3 is 0 Å². The Morgan fingerprint density at radius 2 is 1.94 bits per heavy atom. The van der Waals surface area contributed by atoms with Crippen molar-refractivity contribution in [2.45, 2.75) is 6.92 Å². The molecule has 0 fully saturated rings. The third-order valence-electron chi connectivity index (χ3n) is 2.66. The minimum Gasteiger partial charge on any atom is -0.277 e. The molecule has 1 N–H and O–H groups in total. The summed E-state index contributed by atoms with van der Waals surface area (Å²) >= 11 is 0. The van der Waals surface area contributed by atoms with Crippen molar-refractivity contribution in [1.29, 1.82) is 0 Å². The molecular weight excluding hydrogens is 236 g/mol. The van der Waals surface area contributed by atoms with Crippen LogP contribution in [0.1, 0.15) is 38.0 Å². The first-order valence-electron chi connectivity index (χ1n) is 5.44. The number of imide groups is 1. The quantitative estimate of drug-likeness (QED) is 0.627. The van der Waals surface area contributed by atoms with Crippen molar-refractivity contribution in [3.8, 4) is 0 Å². The molecule has 0 unspecified atom stereocenters. The summed E-state index contributed by atoms with van der Waals surface area (Å²) in [6.07, 6.45) is 0. The van der Waals surface area contributed by atoms with Crippen LogP contribution in [0.2, 0.25) is 0 Å². The van der Waals surface area contributed by atoms with Crippen molar-refractivity contribution in [1.82, 2.24) is 10.4 Å². The molecule has 0 aromatic heterocycles. The largest absolute Gasteiger partial charge is 0.277 e. The summed E-state index contributed by atoms with van der Waals surface area (Å²) in [5, 5.41) is 0. The number of hydrogen-bond donors (Lipinski definition) is 1. The molecule has 1 aliphatic rings. The van der Waals surface area contributed by atoms with Crippen LogP contribution in [0, 0.1) is 0 Å². The highest BCUT2D eigenvalue weighted by molar-refractivity contribution is 6.21. The molecular formula is C12H12N2O4. The third kappa shape index (κ3) is 1.86. The van der Waals surface area contributed by atoms with Crippen LogP contribution in [-0.4, -0.2) is 36.3 Å². The van der Waals surface area contributed by atoms with Crippen molar-refractivity contribution in [2.75, 3.05) is 13.7 Å². The predicted molar refractivity (Wildman–Crippen MR) is 62.0 cm³/mol. The van der Waals surface area contributed by atoms with Crippen LogP contribution >= 0.6 is 0 Å². The van der Waals surface area contributed by atoms with E-state index in [2.05, 4.69) is 5.48 Å². The number of benzene rings is 1. The van der Waals surface area contributed by atoms with Gasteiger partial charge < -0.3 is 0 Å². The van der Waals surface area contributed by atoms with Crippen molar-refractivity contribution < 1.29 is 19.2 Å². The maximum Gasteiger partial charge on any atom is 0.274 e. The van der Waals surface area contributed by atoms with Gasteiger partial charge in [-0.2, -0.15) is 0 Å². The molecule has 0 spiro atoms. The number of rotatable bonds is 3. The van der Waals surface area contributed by atoms with Crippen LogP contribution in [0.5, 0.6) is 0 Å². The summed E-state index contributed by atoms with van der Waals surface area (Å²) in [5.74, 6) is -1.21. The van der Waals surface area contributed by atoms with Crippen LogP contribution in [0.4, 0.5) is 0 Å². The van der Waals surface area contributed by atoms with Gasteiger partial charge in [0.05, 0.1) is 17.7 Å². The molecule has 2 rings (SSSR count). The number of amides is 3. The lowest BCUT2D eigenvalue weighted by molar-refractivity contribution is 0.0364. The summed E-state index contributed by atoms with van der Waals surface area (Å²) in [5.41, 5.74) is 3.06. The van der Waals surface area contributed by atoms with Gasteiger partial charge in [-0.05, 0) is 25.1 Å². The van der Waals surface area contributed by atoms with E-state index in [1.54, 1.807) is 6.92 Å². The van der Waals surface area contributed by atoms with Crippen LogP contribution in [0.3, 0.4) is 0 Å². The van der Waals surface area contributed by atoms with Gasteiger partial charge in [0, 0.05) is 12.6 Å². The van der Waals surface area contributed by atoms with Crippen LogP contribution in [-0.2, 0) is 4.84 Å². The Kier molecular flexibility index (Phi) is 3.12. The van der Waals surface area contributed by atoms with E-state index in [-0.39, 0.29) is 17.0 Å². The minimum absolute atomic E-state index is 0.242. The Labute approximate surface area is 103 Å². The van der Waals surface area contributed by atoms with Gasteiger partial charge in [-0.25, -0.2) is 5.48 Å². The number of hydroxylamine groups is 1. The number of fused-ring (bicyclic) bond motifs is 1. The van der Waals surface area contributed by atoms with E-state index in [0.29, 0.717) is 12.2 Å². The number of carbonyl (C=O) groups is 3. The van der Waals surface area contributed by atoms with Crippen LogP contribution < -0.4 is 5.48 Å². The molecule has 1 aromatic carbocycles. The lowest BCUT2D eigenvalue weighted by Gasteiger charge is -2.04. The number of hydrogen-bond acceptors (Lipinski definition) is 4. The van der Waals surface area contributed by atoms with E-state index in [1.165, 1.54) is 25.2 Å². The topological polar surface area (TPSA) is 75.7 Å². The zero-order valence-corrected chi connectivity index (χ0v) is 10.0. The molecule has 0 atom stereocenters. The van der Waals surface area contributed by atoms with Crippen LogP contribution in [0.25, 0.3) is 0 Å². The monoisotopic (exact) mass is 248 g/mol. The van der Waals surface area contributed by atoms with E-state index < -0.39 is 11.8 Å². The van der Waals surface area contributed by atoms with E-state index in [1.807, 2.05) is 0 Å². The van der Waals surface area contributed by atoms with Gasteiger partial charge in [0.15, 0.2) is 0 Å². The van der Waals surface area contributed by atoms with Crippen LogP contribution in [0.15, 0.2) is 18.2 Å². The molecule has 6 nitrogen and oxygen atoms in total. The Morgan fingerprint density at radius 1 is 1.28 bits per heavy atom. The van der Waals surface area contributed by atoms with Gasteiger partial charge in [-0.1, -0.05) is 0 Å². The second-order valence-electron chi connectivity index (χ2n) is 3.79. The summed E-state index contributed by atoms with van der Waals surface area (Å²) < 4.78 is 0. The van der Waals surface area contributed by atoms with E-state index >= 15 is 0 Å². The molecule has 0 bridgehead atoms. The minimum atomic E-state index is -0.450. The number of carbonyl (C=O) groups excluding carboxylic acids is 3. The second-order valence-corrected chi connectivity index (χ2v) is 3.79. The fourth-order valence-electron chi connectivity index (χ4n) is 1.70. The first-order chi connectivity index (χ1) is 8.56. The predicted octanol–water partition coefficient (Wildman–Crippen LogP) is 0.594. The highest BCUT2D eigenvalue weighted by Crippen LogP contribution is 2.22. The number of nitrogens with zero attached hydrogens (tertiary/aromatic N) is 1. The molecule has 1 aliphatic heterocycles. The summed E-state index contributed by atoms with van der Waals surface area (Å²) in [4.78, 5) is 40.8. The van der Waals surface area contributed by atoms with Gasteiger partial charge in [-0.3, -0.25) is 24.1 Å². The summed E-state index contributed by atoms with van der Waals surface area (Å²) in [7, 11) is 1.41.